The fraction of sp³-hybridized carbons (Fsp3) is 0.556. The maximum absolute atomic E-state index is 13.8. The lowest BCUT2D eigenvalue weighted by atomic mass is 9.94. The Bertz CT molecular complexity index is 875. The van der Waals surface area contributed by atoms with Crippen molar-refractivity contribution in [1.82, 2.24) is 4.90 Å². The Labute approximate surface area is 201 Å². The predicted molar refractivity (Wildman–Crippen MR) is 136 cm³/mol. The van der Waals surface area contributed by atoms with Crippen LogP contribution >= 0.6 is 0 Å². The van der Waals surface area contributed by atoms with Crippen molar-refractivity contribution in [2.24, 2.45) is 11.8 Å². The molecule has 6 heteroatoms. The number of carbonyl (C=O) groups is 2. The third kappa shape index (κ3) is 6.04. The molecule has 0 N–H and O–H groups in total. The summed E-state index contributed by atoms with van der Waals surface area (Å²) in [6.07, 6.45) is 3.13. The molecule has 182 valence electrons. The second-order valence-corrected chi connectivity index (χ2v) is 15.0. The van der Waals surface area contributed by atoms with Gasteiger partial charge >= 0.3 is 6.09 Å². The molecular weight excluding hydrogens is 430 g/mol. The highest BCUT2D eigenvalue weighted by Crippen LogP contribution is 2.46. The van der Waals surface area contributed by atoms with E-state index in [2.05, 4.69) is 47.4 Å². The van der Waals surface area contributed by atoms with Crippen molar-refractivity contribution in [3.05, 3.63) is 60.2 Å². The number of hydrogen-bond donors (Lipinski definition) is 0. The Morgan fingerprint density at radius 2 is 1.91 bits per heavy atom. The van der Waals surface area contributed by atoms with Crippen molar-refractivity contribution in [2.75, 3.05) is 6.61 Å². The van der Waals surface area contributed by atoms with E-state index in [1.54, 1.807) is 0 Å². The predicted octanol–water partition coefficient (Wildman–Crippen LogP) is 6.37. The first kappa shape index (κ1) is 27.1. The zero-order valence-corrected chi connectivity index (χ0v) is 22.6. The van der Waals surface area contributed by atoms with Gasteiger partial charge in [0.1, 0.15) is 6.61 Å². The van der Waals surface area contributed by atoms with E-state index in [1.165, 1.54) is 4.90 Å². The van der Waals surface area contributed by atoms with Gasteiger partial charge in [0.2, 0.25) is 5.91 Å². The molecule has 0 bridgehead atoms. The van der Waals surface area contributed by atoms with E-state index in [1.807, 2.05) is 56.3 Å². The van der Waals surface area contributed by atoms with Gasteiger partial charge in [0.25, 0.3) is 0 Å². The van der Waals surface area contributed by atoms with Crippen LogP contribution in [0.2, 0.25) is 18.1 Å². The van der Waals surface area contributed by atoms with E-state index < -0.39 is 26.4 Å². The van der Waals surface area contributed by atoms with E-state index in [9.17, 15) is 9.59 Å². The first-order valence-electron chi connectivity index (χ1n) is 11.8. The number of cyclic esters (lactones) is 1. The van der Waals surface area contributed by atoms with Crippen molar-refractivity contribution in [3.8, 4) is 0 Å². The molecule has 0 aliphatic carbocycles. The minimum absolute atomic E-state index is 0.0212. The standard InChI is InChI=1S/C27H41NO4Si/c1-10-14-23(24(19(2)3)32-33(8,9)27(6,7)20(4)5)25(29)28-22(18-31-26(28)30)17-21-15-12-11-13-16-21/h10-16,20,22-24H,2,17-18H2,1,3-9H3/b14-10+/t22-,23-,24+/m0/s1. The zero-order valence-electron chi connectivity index (χ0n) is 21.6. The van der Waals surface area contributed by atoms with Gasteiger partial charge in [-0.25, -0.2) is 9.69 Å². The average molecular weight is 472 g/mol. The van der Waals surface area contributed by atoms with Gasteiger partial charge in [-0.05, 0) is 49.9 Å². The number of benzene rings is 1. The first-order chi connectivity index (χ1) is 15.3. The highest BCUT2D eigenvalue weighted by molar-refractivity contribution is 6.74. The maximum Gasteiger partial charge on any atom is 0.417 e. The number of nitrogens with zero attached hydrogens (tertiary/aromatic N) is 1. The highest BCUT2D eigenvalue weighted by Gasteiger charge is 2.48. The van der Waals surface area contributed by atoms with E-state index in [4.69, 9.17) is 9.16 Å². The minimum Gasteiger partial charge on any atom is -0.447 e. The molecule has 33 heavy (non-hydrogen) atoms. The largest absolute Gasteiger partial charge is 0.447 e. The monoisotopic (exact) mass is 471 g/mol. The number of ether oxygens (including phenoxy) is 1. The maximum atomic E-state index is 13.8. The molecule has 1 aliphatic heterocycles. The molecule has 0 spiro atoms. The molecule has 2 amide bonds. The van der Waals surface area contributed by atoms with Crippen molar-refractivity contribution < 1.29 is 18.8 Å². The molecular formula is C27H41NO4Si. The van der Waals surface area contributed by atoms with E-state index in [0.717, 1.165) is 11.1 Å². The number of amides is 2. The van der Waals surface area contributed by atoms with Gasteiger partial charge in [0, 0.05) is 0 Å². The van der Waals surface area contributed by atoms with Gasteiger partial charge in [-0.2, -0.15) is 0 Å². The molecule has 1 aromatic rings. The van der Waals surface area contributed by atoms with E-state index in [-0.39, 0.29) is 23.6 Å². The Kier molecular flexibility index (Phi) is 8.88. The molecule has 1 saturated heterocycles. The Hall–Kier alpha value is -2.18. The van der Waals surface area contributed by atoms with Crippen molar-refractivity contribution in [3.63, 3.8) is 0 Å². The molecule has 3 atom stereocenters. The number of imide groups is 1. The summed E-state index contributed by atoms with van der Waals surface area (Å²) in [4.78, 5) is 27.8. The number of carbonyl (C=O) groups excluding carboxylic acids is 2. The average Bonchev–Trinajstić information content (AvgIpc) is 3.10. The lowest BCUT2D eigenvalue weighted by Gasteiger charge is -2.45. The Morgan fingerprint density at radius 1 is 1.30 bits per heavy atom. The van der Waals surface area contributed by atoms with Crippen LogP contribution in [0, 0.1) is 11.8 Å². The molecule has 1 heterocycles. The van der Waals surface area contributed by atoms with Crippen LogP contribution in [0.3, 0.4) is 0 Å². The van der Waals surface area contributed by atoms with Crippen LogP contribution in [-0.4, -0.2) is 44.0 Å². The van der Waals surface area contributed by atoms with Gasteiger partial charge in [-0.1, -0.05) is 82.3 Å². The van der Waals surface area contributed by atoms with E-state index in [0.29, 0.717) is 12.3 Å². The third-order valence-corrected chi connectivity index (χ3v) is 12.0. The van der Waals surface area contributed by atoms with Gasteiger partial charge in [-0.15, -0.1) is 0 Å². The summed E-state index contributed by atoms with van der Waals surface area (Å²) in [5.41, 5.74) is 1.83. The SMILES string of the molecule is C=C(C)[C@@H](O[Si](C)(C)C(C)(C)C(C)C)[C@H](/C=C/C)C(=O)N1C(=O)OC[C@@H]1Cc1ccccc1. The molecule has 2 rings (SSSR count). The Morgan fingerprint density at radius 3 is 2.42 bits per heavy atom. The molecule has 5 nitrogen and oxygen atoms in total. The zero-order chi connectivity index (χ0) is 25.0. The summed E-state index contributed by atoms with van der Waals surface area (Å²) in [5, 5.41) is -0.0212. The normalized spacial score (nSPS) is 19.1. The van der Waals surface area contributed by atoms with Crippen molar-refractivity contribution in [2.45, 2.75) is 78.2 Å². The summed E-state index contributed by atoms with van der Waals surface area (Å²) < 4.78 is 12.1. The van der Waals surface area contributed by atoms with Crippen molar-refractivity contribution in [1.29, 1.82) is 0 Å². The first-order valence-corrected chi connectivity index (χ1v) is 14.7. The summed E-state index contributed by atoms with van der Waals surface area (Å²) >= 11 is 0. The topological polar surface area (TPSA) is 55.8 Å². The summed E-state index contributed by atoms with van der Waals surface area (Å²) in [7, 11) is -2.27. The molecule has 0 saturated carbocycles. The molecule has 1 fully saturated rings. The fourth-order valence-electron chi connectivity index (χ4n) is 4.09. The number of allylic oxidation sites excluding steroid dienone is 1. The smallest absolute Gasteiger partial charge is 0.417 e. The van der Waals surface area contributed by atoms with Crippen LogP contribution in [0.1, 0.15) is 47.1 Å². The number of rotatable bonds is 10. The molecule has 1 aromatic carbocycles. The lowest BCUT2D eigenvalue weighted by Crippen LogP contribution is -2.52. The van der Waals surface area contributed by atoms with Crippen LogP contribution in [0.25, 0.3) is 0 Å². The molecule has 1 aliphatic rings. The van der Waals surface area contributed by atoms with Crippen molar-refractivity contribution >= 4 is 20.3 Å². The number of hydrogen-bond acceptors (Lipinski definition) is 4. The second-order valence-electron chi connectivity index (χ2n) is 10.5. The van der Waals surface area contributed by atoms with Crippen LogP contribution < -0.4 is 0 Å². The highest BCUT2D eigenvalue weighted by atomic mass is 28.4. The third-order valence-electron chi connectivity index (χ3n) is 7.43. The quantitative estimate of drug-likeness (QED) is 0.294. The fourth-order valence-corrected chi connectivity index (χ4v) is 6.77. The van der Waals surface area contributed by atoms with Crippen LogP contribution in [-0.2, 0) is 20.4 Å². The summed E-state index contributed by atoms with van der Waals surface area (Å²) in [6, 6.07) is 9.51. The van der Waals surface area contributed by atoms with Gasteiger partial charge < -0.3 is 9.16 Å². The van der Waals surface area contributed by atoms with Crippen LogP contribution in [0.15, 0.2) is 54.6 Å². The second kappa shape index (κ2) is 10.8. The summed E-state index contributed by atoms with van der Waals surface area (Å²) in [5.74, 6) is -0.521. The molecule has 0 unspecified atom stereocenters. The molecule has 0 aromatic heterocycles. The van der Waals surface area contributed by atoms with Crippen LogP contribution in [0.5, 0.6) is 0 Å². The lowest BCUT2D eigenvalue weighted by molar-refractivity contribution is -0.134. The van der Waals surface area contributed by atoms with Gasteiger partial charge in [-0.3, -0.25) is 4.79 Å². The van der Waals surface area contributed by atoms with Crippen LogP contribution in [0.4, 0.5) is 4.79 Å². The molecule has 0 radical (unpaired) electrons. The van der Waals surface area contributed by atoms with E-state index >= 15 is 0 Å². The van der Waals surface area contributed by atoms with Gasteiger partial charge in [0.05, 0.1) is 18.1 Å². The Balaban J connectivity index is 2.37. The summed E-state index contributed by atoms with van der Waals surface area (Å²) in [6.45, 7) is 21.4. The minimum atomic E-state index is -2.27. The van der Waals surface area contributed by atoms with Gasteiger partial charge in [0.15, 0.2) is 8.32 Å².